The highest BCUT2D eigenvalue weighted by Gasteiger charge is 2.49. The number of rotatable bonds is 2. The first-order valence-electron chi connectivity index (χ1n) is 7.76. The van der Waals surface area contributed by atoms with Crippen molar-refractivity contribution in [1.29, 1.82) is 0 Å². The topological polar surface area (TPSA) is 68.7 Å². The Morgan fingerprint density at radius 3 is 2.32 bits per heavy atom. The van der Waals surface area contributed by atoms with Gasteiger partial charge >= 0.3 is 24.2 Å². The lowest BCUT2D eigenvalue weighted by atomic mass is 9.91. The van der Waals surface area contributed by atoms with Gasteiger partial charge < -0.3 is 14.4 Å². The molecular weight excluding hydrogens is 418 g/mol. The first-order valence-corrected chi connectivity index (χ1v) is 8.53. The third kappa shape index (κ3) is 3.80. The minimum atomic E-state index is -5.07. The van der Waals surface area contributed by atoms with Gasteiger partial charge in [0.15, 0.2) is 0 Å². The van der Waals surface area contributed by atoms with Crippen LogP contribution in [-0.4, -0.2) is 46.2 Å². The van der Waals surface area contributed by atoms with E-state index >= 15 is 0 Å². The molecule has 1 aromatic heterocycles. The predicted molar refractivity (Wildman–Crippen MR) is 81.7 cm³/mol. The molecule has 3 heterocycles. The number of alkyl halides is 6. The van der Waals surface area contributed by atoms with Crippen LogP contribution in [0.3, 0.4) is 0 Å². The lowest BCUT2D eigenvalue weighted by Gasteiger charge is -2.39. The summed E-state index contributed by atoms with van der Waals surface area (Å²) in [6.45, 7) is 1.73. The second-order valence-corrected chi connectivity index (χ2v) is 7.38. The van der Waals surface area contributed by atoms with E-state index in [9.17, 15) is 35.9 Å². The molecule has 6 nitrogen and oxygen atoms in total. The largest absolute Gasteiger partial charge is 0.471 e. The Labute approximate surface area is 157 Å². The first kappa shape index (κ1) is 20.4. The van der Waals surface area contributed by atoms with Crippen molar-refractivity contribution in [2.75, 3.05) is 13.1 Å². The van der Waals surface area contributed by atoms with Crippen molar-refractivity contribution in [1.82, 2.24) is 9.27 Å². The molecule has 0 spiro atoms. The summed E-state index contributed by atoms with van der Waals surface area (Å²) < 4.78 is 91.6. The molecule has 28 heavy (non-hydrogen) atoms. The summed E-state index contributed by atoms with van der Waals surface area (Å²) in [6.07, 6.45) is -9.17. The maximum Gasteiger partial charge on any atom is 0.471 e. The van der Waals surface area contributed by atoms with Crippen LogP contribution in [0.25, 0.3) is 5.76 Å². The summed E-state index contributed by atoms with van der Waals surface area (Å²) in [5.41, 5.74) is -0.702. The molecule has 0 aliphatic carbocycles. The van der Waals surface area contributed by atoms with Gasteiger partial charge in [-0.15, -0.1) is 0 Å². The van der Waals surface area contributed by atoms with Gasteiger partial charge in [-0.25, -0.2) is 4.79 Å². The Morgan fingerprint density at radius 2 is 1.82 bits per heavy atom. The highest BCUT2D eigenvalue weighted by Crippen LogP contribution is 2.45. The number of hydrogen-bond acceptors (Lipinski definition) is 6. The van der Waals surface area contributed by atoms with Crippen molar-refractivity contribution in [3.63, 3.8) is 0 Å². The highest BCUT2D eigenvalue weighted by molar-refractivity contribution is 7.06. The lowest BCUT2D eigenvalue weighted by molar-refractivity contribution is -0.193. The van der Waals surface area contributed by atoms with Gasteiger partial charge in [-0.2, -0.15) is 30.7 Å². The summed E-state index contributed by atoms with van der Waals surface area (Å²) in [7, 11) is 0. The fourth-order valence-corrected chi connectivity index (χ4v) is 3.66. The molecule has 0 N–H and O–H groups in total. The van der Waals surface area contributed by atoms with Crippen LogP contribution in [0.5, 0.6) is 0 Å². The van der Waals surface area contributed by atoms with E-state index in [1.165, 1.54) is 13.8 Å². The third-order valence-electron chi connectivity index (χ3n) is 3.97. The Hall–Kier alpha value is -2.31. The zero-order valence-electron chi connectivity index (χ0n) is 14.3. The molecule has 0 bridgehead atoms. The third-order valence-corrected chi connectivity index (χ3v) is 4.88. The van der Waals surface area contributed by atoms with Gasteiger partial charge in [0.1, 0.15) is 10.6 Å². The number of carbonyl (C=O) groups excluding carboxylic acids is 2. The minimum absolute atomic E-state index is 0.0973. The second-order valence-electron chi connectivity index (χ2n) is 6.61. The number of aromatic nitrogens is 1. The van der Waals surface area contributed by atoms with E-state index < -0.39 is 65.2 Å². The van der Waals surface area contributed by atoms with Crippen molar-refractivity contribution in [2.24, 2.45) is 0 Å². The van der Waals surface area contributed by atoms with Crippen LogP contribution in [0.4, 0.5) is 26.3 Å². The zero-order chi connectivity index (χ0) is 21.1. The van der Waals surface area contributed by atoms with E-state index in [1.807, 2.05) is 0 Å². The summed E-state index contributed by atoms with van der Waals surface area (Å²) in [4.78, 5) is 22.2. The monoisotopic (exact) mass is 430 g/mol. The van der Waals surface area contributed by atoms with Gasteiger partial charge in [-0.05, 0) is 11.5 Å². The molecule has 1 aromatic rings. The molecule has 2 aliphatic heterocycles. The van der Waals surface area contributed by atoms with Crippen molar-refractivity contribution in [3.05, 3.63) is 22.2 Å². The zero-order valence-corrected chi connectivity index (χ0v) is 15.1. The Balaban J connectivity index is 1.96. The SMILES string of the molecule is CC1(C)OC(=O)C=C(c2c(C3CN(C(=O)C(F)(F)F)C3)nsc2C(F)(F)F)O1. The maximum atomic E-state index is 13.4. The number of ether oxygens (including phenoxy) is 2. The normalized spacial score (nSPS) is 20.2. The Bertz CT molecular complexity index is 852. The molecule has 2 aliphatic rings. The molecule has 1 amide bonds. The molecule has 3 rings (SSSR count). The molecule has 0 saturated carbocycles. The van der Waals surface area contributed by atoms with Crippen LogP contribution in [-0.2, 0) is 25.2 Å². The summed E-state index contributed by atoms with van der Waals surface area (Å²) in [5, 5.41) is 0. The van der Waals surface area contributed by atoms with Crippen molar-refractivity contribution in [2.45, 2.75) is 37.9 Å². The van der Waals surface area contributed by atoms with Gasteiger partial charge in [0.2, 0.25) is 5.79 Å². The predicted octanol–water partition coefficient (Wildman–Crippen LogP) is 3.30. The number of hydrogen-bond donors (Lipinski definition) is 0. The van der Waals surface area contributed by atoms with Gasteiger partial charge in [0.05, 0.1) is 17.3 Å². The lowest BCUT2D eigenvalue weighted by Crippen LogP contribution is -2.53. The minimum Gasteiger partial charge on any atom is -0.452 e. The number of esters is 1. The van der Waals surface area contributed by atoms with Crippen LogP contribution in [0.1, 0.15) is 35.9 Å². The summed E-state index contributed by atoms with van der Waals surface area (Å²) in [5.74, 6) is -5.84. The van der Waals surface area contributed by atoms with Crippen LogP contribution in [0.15, 0.2) is 6.08 Å². The van der Waals surface area contributed by atoms with Crippen molar-refractivity contribution >= 4 is 29.2 Å². The van der Waals surface area contributed by atoms with Crippen LogP contribution in [0, 0.1) is 0 Å². The van der Waals surface area contributed by atoms with Crippen LogP contribution < -0.4 is 0 Å². The Kier molecular flexibility index (Phi) is 4.64. The van der Waals surface area contributed by atoms with E-state index in [-0.39, 0.29) is 17.2 Å². The fraction of sp³-hybridized carbons (Fsp3) is 0.533. The molecular formula is C15H12F6N2O4S. The quantitative estimate of drug-likeness (QED) is 0.532. The standard InChI is InChI=1S/C15H12F6N2O4S/c1-13(2)26-7(3-8(24)27-13)9-10(22-28-11(9)14(16,17)18)6-4-23(5-6)12(25)15(19,20)21/h3,6H,4-5H2,1-2H3. The molecule has 0 aromatic carbocycles. The van der Waals surface area contributed by atoms with Gasteiger partial charge in [0.25, 0.3) is 0 Å². The van der Waals surface area contributed by atoms with E-state index in [2.05, 4.69) is 4.37 Å². The number of halogens is 6. The fourth-order valence-electron chi connectivity index (χ4n) is 2.83. The number of carbonyl (C=O) groups is 2. The van der Waals surface area contributed by atoms with Gasteiger partial charge in [-0.3, -0.25) is 4.79 Å². The molecule has 13 heteroatoms. The molecule has 0 radical (unpaired) electrons. The van der Waals surface area contributed by atoms with Crippen LogP contribution in [0.2, 0.25) is 0 Å². The highest BCUT2D eigenvalue weighted by atomic mass is 32.1. The number of likely N-dealkylation sites (tertiary alicyclic amines) is 1. The molecule has 154 valence electrons. The molecule has 0 unspecified atom stereocenters. The number of cyclic esters (lactones) is 1. The number of nitrogens with zero attached hydrogens (tertiary/aromatic N) is 2. The Morgan fingerprint density at radius 1 is 1.21 bits per heavy atom. The van der Waals surface area contributed by atoms with Gasteiger partial charge in [0, 0.05) is 32.9 Å². The molecule has 1 fully saturated rings. The maximum absolute atomic E-state index is 13.4. The van der Waals surface area contributed by atoms with Crippen molar-refractivity contribution < 1.29 is 45.4 Å². The average molecular weight is 430 g/mol. The van der Waals surface area contributed by atoms with Gasteiger partial charge in [-0.1, -0.05) is 0 Å². The second kappa shape index (κ2) is 6.36. The van der Waals surface area contributed by atoms with Crippen molar-refractivity contribution in [3.8, 4) is 0 Å². The summed E-state index contributed by atoms with van der Waals surface area (Å²) in [6, 6.07) is 0. The van der Waals surface area contributed by atoms with Crippen LogP contribution >= 0.6 is 11.5 Å². The average Bonchev–Trinajstić information content (AvgIpc) is 2.87. The molecule has 1 saturated heterocycles. The smallest absolute Gasteiger partial charge is 0.452 e. The van der Waals surface area contributed by atoms with E-state index in [0.717, 1.165) is 6.08 Å². The van der Waals surface area contributed by atoms with E-state index in [4.69, 9.17) is 9.47 Å². The molecule has 0 atom stereocenters. The first-order chi connectivity index (χ1) is 12.7. The number of amides is 1. The van der Waals surface area contributed by atoms with E-state index in [0.29, 0.717) is 4.90 Å². The van der Waals surface area contributed by atoms with E-state index in [1.54, 1.807) is 0 Å². The summed E-state index contributed by atoms with van der Waals surface area (Å²) >= 11 is 0.0973.